The molecule has 0 unspecified atom stereocenters. The van der Waals surface area contributed by atoms with Crippen molar-refractivity contribution in [2.24, 2.45) is 18.7 Å². The summed E-state index contributed by atoms with van der Waals surface area (Å²) >= 11 is 0. The molecule has 35 heavy (non-hydrogen) atoms. The minimum atomic E-state index is -2.32. The maximum atomic E-state index is 14.3. The molecule has 1 fully saturated rings. The average Bonchev–Trinajstić information content (AvgIpc) is 3.56. The maximum Gasteiger partial charge on any atom is 0.330 e. The molecule has 1 amide bonds. The Morgan fingerprint density at radius 3 is 2.57 bits per heavy atom. The van der Waals surface area contributed by atoms with Crippen LogP contribution in [0.15, 0.2) is 41.2 Å². The molecule has 3 atom stereocenters. The molecule has 180 valence electrons. The van der Waals surface area contributed by atoms with Crippen LogP contribution in [0.3, 0.4) is 0 Å². The number of aromatic nitrogens is 2. The maximum absolute atomic E-state index is 14.3. The smallest absolute Gasteiger partial charge is 0.330 e. The van der Waals surface area contributed by atoms with E-state index in [1.807, 2.05) is 12.1 Å². The molecule has 1 aromatic heterocycles. The number of aliphatic hydroxyl groups is 1. The van der Waals surface area contributed by atoms with Crippen LogP contribution in [0.2, 0.25) is 0 Å². The van der Waals surface area contributed by atoms with E-state index in [1.165, 1.54) is 11.6 Å². The van der Waals surface area contributed by atoms with Gasteiger partial charge in [-0.25, -0.2) is 4.79 Å². The topological polar surface area (TPSA) is 143 Å². The monoisotopic (exact) mass is 474 g/mol. The molecule has 6 rings (SSSR count). The first-order chi connectivity index (χ1) is 16.6. The number of carbonyl (C=O) groups is 2. The Balaban J connectivity index is 1.73. The number of ketones is 1. The lowest BCUT2D eigenvalue weighted by molar-refractivity contribution is -0.171. The van der Waals surface area contributed by atoms with E-state index in [9.17, 15) is 19.5 Å². The third kappa shape index (κ3) is 2.38. The minimum Gasteiger partial charge on any atom is -0.454 e. The number of Topliss-reactive ketones (excluding diaryl/α,β-unsaturated/α-hetero) is 1. The first-order valence-electron chi connectivity index (χ1n) is 11.6. The fourth-order valence-electron chi connectivity index (χ4n) is 5.99. The molecule has 9 nitrogen and oxygen atoms in total. The van der Waals surface area contributed by atoms with E-state index in [2.05, 4.69) is 6.92 Å². The number of nitrogen functional groups attached to an aromatic ring is 1. The second kappa shape index (κ2) is 6.63. The van der Waals surface area contributed by atoms with Crippen LogP contribution < -0.4 is 21.9 Å². The summed E-state index contributed by atoms with van der Waals surface area (Å²) in [7, 11) is 1.48. The second-order valence-corrected chi connectivity index (χ2v) is 9.91. The number of anilines is 1. The van der Waals surface area contributed by atoms with Crippen molar-refractivity contribution in [2.45, 2.75) is 43.9 Å². The van der Waals surface area contributed by atoms with E-state index in [-0.39, 0.29) is 45.4 Å². The van der Waals surface area contributed by atoms with Crippen molar-refractivity contribution >= 4 is 17.4 Å². The van der Waals surface area contributed by atoms with Crippen molar-refractivity contribution in [1.82, 2.24) is 9.13 Å². The molecule has 0 radical (unpaired) electrons. The van der Waals surface area contributed by atoms with Crippen LogP contribution in [0.1, 0.15) is 68.9 Å². The third-order valence-electron chi connectivity index (χ3n) is 8.13. The summed E-state index contributed by atoms with van der Waals surface area (Å²) in [5, 5.41) is 12.3. The van der Waals surface area contributed by atoms with E-state index < -0.39 is 28.7 Å². The summed E-state index contributed by atoms with van der Waals surface area (Å²) in [4.78, 5) is 40.6. The SMILES string of the molecule is Cc1c(C(N)=O)n([C@]23C(=O)c4c(N)cccc4[C@@]2(O)Oc2cc([C@H](C)C4CC4)ccc23)c(=O)n1C. The van der Waals surface area contributed by atoms with Crippen molar-refractivity contribution in [3.05, 3.63) is 80.5 Å². The van der Waals surface area contributed by atoms with Crippen LogP contribution in [-0.2, 0) is 18.4 Å². The zero-order valence-corrected chi connectivity index (χ0v) is 19.7. The summed E-state index contributed by atoms with van der Waals surface area (Å²) in [6, 6.07) is 10.1. The lowest BCUT2D eigenvalue weighted by atomic mass is 9.81. The molecule has 1 aliphatic heterocycles. The van der Waals surface area contributed by atoms with Gasteiger partial charge in [0.2, 0.25) is 11.3 Å². The van der Waals surface area contributed by atoms with E-state index >= 15 is 0 Å². The van der Waals surface area contributed by atoms with Crippen molar-refractivity contribution < 1.29 is 19.4 Å². The normalized spacial score (nSPS) is 25.1. The summed E-state index contributed by atoms with van der Waals surface area (Å²) in [5.74, 6) is -2.72. The Morgan fingerprint density at radius 1 is 1.20 bits per heavy atom. The van der Waals surface area contributed by atoms with E-state index in [4.69, 9.17) is 16.2 Å². The molecule has 2 aromatic carbocycles. The highest BCUT2D eigenvalue weighted by Crippen LogP contribution is 2.61. The molecule has 2 heterocycles. The molecule has 0 bridgehead atoms. The molecule has 1 saturated carbocycles. The Labute approximate surface area is 200 Å². The molecule has 0 spiro atoms. The van der Waals surface area contributed by atoms with Gasteiger partial charge in [-0.3, -0.25) is 18.7 Å². The predicted molar refractivity (Wildman–Crippen MR) is 127 cm³/mol. The Hall–Kier alpha value is -3.85. The highest BCUT2D eigenvalue weighted by Gasteiger charge is 2.73. The van der Waals surface area contributed by atoms with Gasteiger partial charge in [-0.05, 0) is 49.3 Å². The summed E-state index contributed by atoms with van der Waals surface area (Å²) in [6.45, 7) is 3.70. The largest absolute Gasteiger partial charge is 0.454 e. The summed E-state index contributed by atoms with van der Waals surface area (Å²) < 4.78 is 8.45. The van der Waals surface area contributed by atoms with Crippen LogP contribution >= 0.6 is 0 Å². The first-order valence-corrected chi connectivity index (χ1v) is 11.6. The van der Waals surface area contributed by atoms with Gasteiger partial charge in [-0.2, -0.15) is 0 Å². The Morgan fingerprint density at radius 2 is 1.91 bits per heavy atom. The van der Waals surface area contributed by atoms with Gasteiger partial charge in [0, 0.05) is 29.6 Å². The number of hydrogen-bond acceptors (Lipinski definition) is 6. The van der Waals surface area contributed by atoms with Crippen molar-refractivity contribution in [3.63, 3.8) is 0 Å². The number of hydrogen-bond donors (Lipinski definition) is 3. The van der Waals surface area contributed by atoms with Gasteiger partial charge in [0.1, 0.15) is 11.4 Å². The number of imidazole rings is 1. The number of rotatable bonds is 4. The standard InChI is InChI=1S/C26H26N4O5/c1-12(14-7-8-14)15-9-10-16-19(11-15)35-26(34)17-5-4-6-18(27)20(17)22(31)25(16,26)30-21(23(28)32)13(2)29(3)24(30)33/h4-6,9-12,14,34H,7-8,27H2,1-3H3,(H2,28,32)/t12-,25-,26-/m1/s1. The third-order valence-corrected chi connectivity index (χ3v) is 8.13. The number of nitrogens with two attached hydrogens (primary N) is 2. The van der Waals surface area contributed by atoms with Gasteiger partial charge < -0.3 is 21.3 Å². The van der Waals surface area contributed by atoms with Crippen LogP contribution in [-0.4, -0.2) is 25.9 Å². The molecular formula is C26H26N4O5. The zero-order valence-electron chi connectivity index (χ0n) is 19.7. The predicted octanol–water partition coefficient (Wildman–Crippen LogP) is 1.87. The van der Waals surface area contributed by atoms with Gasteiger partial charge in [-0.15, -0.1) is 0 Å². The van der Waals surface area contributed by atoms with Crippen molar-refractivity contribution in [3.8, 4) is 5.75 Å². The summed E-state index contributed by atoms with van der Waals surface area (Å²) in [5.41, 5.74) is 10.8. The Kier molecular flexibility index (Phi) is 4.11. The zero-order chi connectivity index (χ0) is 25.0. The van der Waals surface area contributed by atoms with E-state index in [0.717, 1.165) is 23.0 Å². The number of primary amides is 1. The van der Waals surface area contributed by atoms with Crippen LogP contribution in [0.5, 0.6) is 5.75 Å². The van der Waals surface area contributed by atoms with Crippen molar-refractivity contribution in [1.29, 1.82) is 0 Å². The lowest BCUT2D eigenvalue weighted by Crippen LogP contribution is -2.58. The highest BCUT2D eigenvalue weighted by atomic mass is 16.6. The second-order valence-electron chi connectivity index (χ2n) is 9.91. The van der Waals surface area contributed by atoms with Crippen molar-refractivity contribution in [2.75, 3.05) is 5.73 Å². The van der Waals surface area contributed by atoms with Gasteiger partial charge in [-0.1, -0.05) is 31.2 Å². The fourth-order valence-corrected chi connectivity index (χ4v) is 5.99. The van der Waals surface area contributed by atoms with Crippen LogP contribution in [0.25, 0.3) is 0 Å². The molecule has 9 heteroatoms. The van der Waals surface area contributed by atoms with E-state index in [0.29, 0.717) is 5.92 Å². The summed E-state index contributed by atoms with van der Waals surface area (Å²) in [6.07, 6.45) is 2.30. The number of fused-ring (bicyclic) bond motifs is 5. The fraction of sp³-hybridized carbons (Fsp3) is 0.346. The van der Waals surface area contributed by atoms with Gasteiger partial charge >= 0.3 is 5.69 Å². The molecule has 3 aliphatic rings. The minimum absolute atomic E-state index is 0.0555. The number of carbonyl (C=O) groups excluding carboxylic acids is 2. The molecular weight excluding hydrogens is 448 g/mol. The number of benzene rings is 2. The Bertz CT molecular complexity index is 1530. The number of amides is 1. The van der Waals surface area contributed by atoms with Crippen LogP contribution in [0, 0.1) is 12.8 Å². The lowest BCUT2D eigenvalue weighted by Gasteiger charge is -2.35. The van der Waals surface area contributed by atoms with E-state index in [1.54, 1.807) is 31.2 Å². The molecule has 2 aliphatic carbocycles. The molecule has 0 saturated heterocycles. The highest BCUT2D eigenvalue weighted by molar-refractivity contribution is 6.14. The van der Waals surface area contributed by atoms with Gasteiger partial charge in [0.05, 0.1) is 5.56 Å². The van der Waals surface area contributed by atoms with Gasteiger partial charge in [0.15, 0.2) is 0 Å². The van der Waals surface area contributed by atoms with Crippen LogP contribution in [0.4, 0.5) is 5.69 Å². The number of ether oxygens (including phenoxy) is 1. The first kappa shape index (κ1) is 21.7. The molecule has 3 aromatic rings. The average molecular weight is 475 g/mol. The quantitative estimate of drug-likeness (QED) is 0.493. The molecule has 5 N–H and O–H groups in total. The van der Waals surface area contributed by atoms with Gasteiger partial charge in [0.25, 0.3) is 11.7 Å². The number of nitrogens with zero attached hydrogens (tertiary/aromatic N) is 2.